The molecule has 0 unspecified atom stereocenters. The monoisotopic (exact) mass is 269 g/mol. The van der Waals surface area contributed by atoms with E-state index in [1.165, 1.54) is 0 Å². The molecule has 18 heavy (non-hydrogen) atoms. The Hall–Kier alpha value is -0.775. The highest BCUT2D eigenvalue weighted by atomic mass is 35.5. The SMILES string of the molecule is COc1cc(Cl)c(B2OC(C)(C)C(C)(C)O2)cn1. The van der Waals surface area contributed by atoms with E-state index in [9.17, 15) is 0 Å². The Labute approximate surface area is 113 Å². The molecule has 0 amide bonds. The predicted molar refractivity (Wildman–Crippen MR) is 71.5 cm³/mol. The Morgan fingerprint density at radius 3 is 2.22 bits per heavy atom. The summed E-state index contributed by atoms with van der Waals surface area (Å²) in [5, 5.41) is 0.528. The molecule has 1 saturated heterocycles. The van der Waals surface area contributed by atoms with Gasteiger partial charge >= 0.3 is 7.12 Å². The Morgan fingerprint density at radius 2 is 1.78 bits per heavy atom. The van der Waals surface area contributed by atoms with E-state index >= 15 is 0 Å². The van der Waals surface area contributed by atoms with Crippen molar-refractivity contribution in [2.75, 3.05) is 7.11 Å². The molecule has 0 saturated carbocycles. The van der Waals surface area contributed by atoms with Gasteiger partial charge in [0.2, 0.25) is 5.88 Å². The van der Waals surface area contributed by atoms with Crippen molar-refractivity contribution in [3.63, 3.8) is 0 Å². The third-order valence-corrected chi connectivity index (χ3v) is 3.90. The average Bonchev–Trinajstić information content (AvgIpc) is 2.47. The molecule has 98 valence electrons. The Morgan fingerprint density at radius 1 is 1.22 bits per heavy atom. The van der Waals surface area contributed by atoms with Crippen LogP contribution in [0, 0.1) is 0 Å². The van der Waals surface area contributed by atoms with Crippen molar-refractivity contribution in [3.8, 4) is 5.88 Å². The van der Waals surface area contributed by atoms with E-state index in [0.29, 0.717) is 10.9 Å². The summed E-state index contributed by atoms with van der Waals surface area (Å²) in [5.41, 5.74) is -0.0573. The molecule has 2 heterocycles. The van der Waals surface area contributed by atoms with Gasteiger partial charge in [-0.2, -0.15) is 0 Å². The molecule has 0 bridgehead atoms. The zero-order valence-corrected chi connectivity index (χ0v) is 12.0. The van der Waals surface area contributed by atoms with Gasteiger partial charge in [-0.15, -0.1) is 0 Å². The van der Waals surface area contributed by atoms with Gasteiger partial charge in [0.25, 0.3) is 0 Å². The fraction of sp³-hybridized carbons (Fsp3) is 0.583. The summed E-state index contributed by atoms with van der Waals surface area (Å²) < 4.78 is 16.9. The maximum absolute atomic E-state index is 6.19. The van der Waals surface area contributed by atoms with Crippen LogP contribution in [-0.2, 0) is 9.31 Å². The zero-order chi connectivity index (χ0) is 13.6. The maximum Gasteiger partial charge on any atom is 0.497 e. The summed E-state index contributed by atoms with van der Waals surface area (Å²) in [6.07, 6.45) is 1.63. The molecule has 6 heteroatoms. The van der Waals surface area contributed by atoms with Gasteiger partial charge in [-0.3, -0.25) is 0 Å². The van der Waals surface area contributed by atoms with Crippen LogP contribution in [0.25, 0.3) is 0 Å². The molecule has 0 aliphatic carbocycles. The zero-order valence-electron chi connectivity index (χ0n) is 11.3. The first-order valence-corrected chi connectivity index (χ1v) is 6.20. The van der Waals surface area contributed by atoms with Gasteiger partial charge in [-0.25, -0.2) is 4.98 Å². The van der Waals surface area contributed by atoms with Crippen LogP contribution >= 0.6 is 11.6 Å². The topological polar surface area (TPSA) is 40.6 Å². The second-order valence-electron chi connectivity index (χ2n) is 5.34. The Balaban J connectivity index is 2.30. The number of aromatic nitrogens is 1. The van der Waals surface area contributed by atoms with E-state index < -0.39 is 7.12 Å². The molecule has 1 aromatic heterocycles. The second kappa shape index (κ2) is 4.40. The van der Waals surface area contributed by atoms with Gasteiger partial charge in [0.15, 0.2) is 0 Å². The molecule has 1 aliphatic rings. The van der Waals surface area contributed by atoms with Crippen LogP contribution in [0.15, 0.2) is 12.3 Å². The van der Waals surface area contributed by atoms with Crippen LogP contribution in [0.3, 0.4) is 0 Å². The van der Waals surface area contributed by atoms with Gasteiger partial charge in [-0.05, 0) is 27.7 Å². The van der Waals surface area contributed by atoms with Crippen molar-refractivity contribution in [1.82, 2.24) is 4.98 Å². The Bertz CT molecular complexity index is 449. The molecule has 4 nitrogen and oxygen atoms in total. The normalized spacial score (nSPS) is 21.1. The van der Waals surface area contributed by atoms with Crippen molar-refractivity contribution < 1.29 is 14.0 Å². The first-order valence-electron chi connectivity index (χ1n) is 5.82. The average molecular weight is 270 g/mol. The predicted octanol–water partition coefficient (Wildman–Crippen LogP) is 2.04. The smallest absolute Gasteiger partial charge is 0.481 e. The lowest BCUT2D eigenvalue weighted by atomic mass is 9.80. The summed E-state index contributed by atoms with van der Waals surface area (Å²) in [7, 11) is 1.05. The van der Waals surface area contributed by atoms with Crippen molar-refractivity contribution in [2.24, 2.45) is 0 Å². The summed E-state index contributed by atoms with van der Waals surface area (Å²) in [6.45, 7) is 7.99. The van der Waals surface area contributed by atoms with Crippen LogP contribution < -0.4 is 10.2 Å². The van der Waals surface area contributed by atoms with Crippen LogP contribution in [0.1, 0.15) is 27.7 Å². The second-order valence-corrected chi connectivity index (χ2v) is 5.74. The number of nitrogens with zero attached hydrogens (tertiary/aromatic N) is 1. The van der Waals surface area contributed by atoms with E-state index in [1.807, 2.05) is 27.7 Å². The molecule has 1 aliphatic heterocycles. The minimum Gasteiger partial charge on any atom is -0.481 e. The molecule has 2 rings (SSSR count). The molecular formula is C12H17BClNO3. The number of halogens is 1. The minimum absolute atomic E-state index is 0.388. The first-order chi connectivity index (χ1) is 8.27. The van der Waals surface area contributed by atoms with Gasteiger partial charge in [0, 0.05) is 22.7 Å². The highest BCUT2D eigenvalue weighted by Crippen LogP contribution is 2.37. The lowest BCUT2D eigenvalue weighted by Gasteiger charge is -2.32. The summed E-state index contributed by atoms with van der Waals surface area (Å²) in [4.78, 5) is 4.13. The molecule has 0 aromatic carbocycles. The highest BCUT2D eigenvalue weighted by molar-refractivity contribution is 6.65. The lowest BCUT2D eigenvalue weighted by Crippen LogP contribution is -2.41. The van der Waals surface area contributed by atoms with E-state index in [4.69, 9.17) is 25.6 Å². The fourth-order valence-corrected chi connectivity index (χ4v) is 1.91. The number of hydrogen-bond acceptors (Lipinski definition) is 4. The summed E-state index contributed by atoms with van der Waals surface area (Å²) >= 11 is 6.19. The van der Waals surface area contributed by atoms with Crippen LogP contribution in [0.5, 0.6) is 5.88 Å². The van der Waals surface area contributed by atoms with E-state index in [2.05, 4.69) is 4.98 Å². The lowest BCUT2D eigenvalue weighted by molar-refractivity contribution is 0.00578. The molecule has 0 N–H and O–H groups in total. The van der Waals surface area contributed by atoms with Crippen molar-refractivity contribution in [1.29, 1.82) is 0 Å². The molecule has 0 spiro atoms. The Kier molecular flexibility index (Phi) is 3.34. The highest BCUT2D eigenvalue weighted by Gasteiger charge is 2.52. The van der Waals surface area contributed by atoms with Crippen molar-refractivity contribution >= 4 is 24.2 Å². The number of pyridine rings is 1. The quantitative estimate of drug-likeness (QED) is 0.771. The number of ether oxygens (including phenoxy) is 1. The van der Waals surface area contributed by atoms with E-state index in [0.717, 1.165) is 5.46 Å². The number of hydrogen-bond donors (Lipinski definition) is 0. The van der Waals surface area contributed by atoms with Gasteiger partial charge in [0.1, 0.15) is 0 Å². The largest absolute Gasteiger partial charge is 0.497 e. The maximum atomic E-state index is 6.19. The third kappa shape index (κ3) is 2.22. The van der Waals surface area contributed by atoms with Gasteiger partial charge < -0.3 is 14.0 Å². The summed E-state index contributed by atoms with van der Waals surface area (Å²) in [6, 6.07) is 1.65. The number of methoxy groups -OCH3 is 1. The van der Waals surface area contributed by atoms with Crippen molar-refractivity contribution in [2.45, 2.75) is 38.9 Å². The first kappa shape index (κ1) is 13.7. The third-order valence-electron chi connectivity index (χ3n) is 3.57. The fourth-order valence-electron chi connectivity index (χ4n) is 1.68. The summed E-state index contributed by atoms with van der Waals surface area (Å²) in [5.74, 6) is 0.472. The van der Waals surface area contributed by atoms with Gasteiger partial charge in [0.05, 0.1) is 18.3 Å². The van der Waals surface area contributed by atoms with Crippen LogP contribution in [0.2, 0.25) is 5.02 Å². The minimum atomic E-state index is -0.499. The standard InChI is InChI=1S/C12H17BClNO3/c1-11(2)12(3,4)18-13(17-11)8-7-15-10(16-5)6-9(8)14/h6-7H,1-5H3. The molecule has 1 fully saturated rings. The molecular weight excluding hydrogens is 252 g/mol. The van der Waals surface area contributed by atoms with E-state index in [-0.39, 0.29) is 11.2 Å². The molecule has 0 radical (unpaired) electrons. The van der Waals surface area contributed by atoms with Crippen LogP contribution in [-0.4, -0.2) is 30.4 Å². The van der Waals surface area contributed by atoms with Gasteiger partial charge in [-0.1, -0.05) is 11.6 Å². The molecule has 1 aromatic rings. The van der Waals surface area contributed by atoms with E-state index in [1.54, 1.807) is 19.4 Å². The number of rotatable bonds is 2. The van der Waals surface area contributed by atoms with Crippen molar-refractivity contribution in [3.05, 3.63) is 17.3 Å². The van der Waals surface area contributed by atoms with Crippen LogP contribution in [0.4, 0.5) is 0 Å². The molecule has 0 atom stereocenters.